The lowest BCUT2D eigenvalue weighted by molar-refractivity contribution is 0.310. The highest BCUT2D eigenvalue weighted by molar-refractivity contribution is 7.88. The van der Waals surface area contributed by atoms with Crippen LogP contribution in [0.2, 0.25) is 0 Å². The van der Waals surface area contributed by atoms with Crippen molar-refractivity contribution in [2.45, 2.75) is 18.7 Å². The van der Waals surface area contributed by atoms with Crippen LogP contribution in [0, 0.1) is 0 Å². The second-order valence-corrected chi connectivity index (χ2v) is 6.42. The van der Waals surface area contributed by atoms with Crippen molar-refractivity contribution >= 4 is 22.4 Å². The van der Waals surface area contributed by atoms with Crippen LogP contribution >= 0.6 is 12.4 Å². The maximum Gasteiger partial charge on any atom is 0.218 e. The largest absolute Gasteiger partial charge is 0.312 e. The number of halogens is 1. The second-order valence-electron chi connectivity index (χ2n) is 4.46. The van der Waals surface area contributed by atoms with E-state index in [1.165, 1.54) is 0 Å². The molecule has 4 nitrogen and oxygen atoms in total. The summed E-state index contributed by atoms with van der Waals surface area (Å²) >= 11 is 0. The zero-order valence-electron chi connectivity index (χ0n) is 10.4. The van der Waals surface area contributed by atoms with Crippen molar-refractivity contribution in [2.24, 2.45) is 0 Å². The Morgan fingerprint density at radius 2 is 2.00 bits per heavy atom. The van der Waals surface area contributed by atoms with Gasteiger partial charge in [-0.25, -0.2) is 8.42 Å². The molecule has 2 rings (SSSR count). The summed E-state index contributed by atoms with van der Waals surface area (Å²) in [7, 11) is -3.18. The quantitative estimate of drug-likeness (QED) is 0.911. The number of sulfonamides is 1. The van der Waals surface area contributed by atoms with Gasteiger partial charge in [0.1, 0.15) is 0 Å². The molecule has 0 amide bonds. The molecule has 1 fully saturated rings. The minimum atomic E-state index is -3.18. The number of hydrogen-bond acceptors (Lipinski definition) is 3. The molecule has 0 unspecified atom stereocenters. The second kappa shape index (κ2) is 6.52. The molecule has 18 heavy (non-hydrogen) atoms. The lowest BCUT2D eigenvalue weighted by Crippen LogP contribution is -2.51. The fourth-order valence-corrected chi connectivity index (χ4v) is 3.64. The van der Waals surface area contributed by atoms with Crippen LogP contribution in [0.25, 0.3) is 0 Å². The number of nitrogens with one attached hydrogen (secondary N) is 1. The van der Waals surface area contributed by atoms with Gasteiger partial charge in [-0.1, -0.05) is 30.3 Å². The third-order valence-corrected chi connectivity index (χ3v) is 4.73. The van der Waals surface area contributed by atoms with Gasteiger partial charge in [-0.15, -0.1) is 12.4 Å². The van der Waals surface area contributed by atoms with Crippen LogP contribution in [-0.4, -0.2) is 38.4 Å². The van der Waals surface area contributed by atoms with Gasteiger partial charge in [-0.3, -0.25) is 0 Å². The molecule has 0 radical (unpaired) electrons. The minimum absolute atomic E-state index is 0. The predicted octanol–water partition coefficient (Wildman–Crippen LogP) is 1.23. The van der Waals surface area contributed by atoms with Crippen LogP contribution in [0.3, 0.4) is 0 Å². The van der Waals surface area contributed by atoms with E-state index in [-0.39, 0.29) is 24.2 Å². The van der Waals surface area contributed by atoms with Gasteiger partial charge in [0.25, 0.3) is 0 Å². The first kappa shape index (κ1) is 15.4. The molecular weight excluding hydrogens is 272 g/mol. The molecule has 1 aromatic carbocycles. The van der Waals surface area contributed by atoms with E-state index in [1.807, 2.05) is 37.3 Å². The highest BCUT2D eigenvalue weighted by Gasteiger charge is 2.26. The topological polar surface area (TPSA) is 49.4 Å². The van der Waals surface area contributed by atoms with Gasteiger partial charge in [0.15, 0.2) is 0 Å². The van der Waals surface area contributed by atoms with Gasteiger partial charge in [-0.05, 0) is 12.5 Å². The van der Waals surface area contributed by atoms with E-state index in [4.69, 9.17) is 0 Å². The van der Waals surface area contributed by atoms with Crippen LogP contribution in [0.4, 0.5) is 0 Å². The third kappa shape index (κ3) is 3.95. The Hall–Kier alpha value is -0.620. The molecule has 1 aliphatic rings. The van der Waals surface area contributed by atoms with Crippen LogP contribution in [0.1, 0.15) is 12.5 Å². The lowest BCUT2D eigenvalue weighted by atomic mass is 10.2. The molecule has 6 heteroatoms. The summed E-state index contributed by atoms with van der Waals surface area (Å²) < 4.78 is 26.0. The number of piperazine rings is 1. The molecular formula is C12H19ClN2O2S. The Morgan fingerprint density at radius 1 is 1.33 bits per heavy atom. The van der Waals surface area contributed by atoms with E-state index >= 15 is 0 Å². The Kier molecular flexibility index (Phi) is 5.59. The maximum absolute atomic E-state index is 12.2. The molecule has 0 saturated carbocycles. The minimum Gasteiger partial charge on any atom is -0.312 e. The average molecular weight is 291 g/mol. The van der Waals surface area contributed by atoms with Crippen molar-refractivity contribution in [1.82, 2.24) is 9.62 Å². The van der Waals surface area contributed by atoms with Gasteiger partial charge in [0.05, 0.1) is 5.75 Å². The monoisotopic (exact) mass is 290 g/mol. The maximum atomic E-state index is 12.2. The predicted molar refractivity (Wildman–Crippen MR) is 75.4 cm³/mol. The SMILES string of the molecule is C[C@H]1CN(S(=O)(=O)Cc2ccccc2)CCN1.Cl. The first-order valence-corrected chi connectivity index (χ1v) is 7.44. The molecule has 0 spiro atoms. The summed E-state index contributed by atoms with van der Waals surface area (Å²) in [5, 5.41) is 3.24. The molecule has 1 heterocycles. The van der Waals surface area contributed by atoms with Crippen LogP contribution in [0.15, 0.2) is 30.3 Å². The van der Waals surface area contributed by atoms with Crippen LogP contribution < -0.4 is 5.32 Å². The third-order valence-electron chi connectivity index (χ3n) is 2.92. The van der Waals surface area contributed by atoms with Crippen molar-refractivity contribution < 1.29 is 8.42 Å². The van der Waals surface area contributed by atoms with Crippen LogP contribution in [-0.2, 0) is 15.8 Å². The Labute approximate surface area is 115 Å². The van der Waals surface area contributed by atoms with Crippen molar-refractivity contribution in [3.05, 3.63) is 35.9 Å². The normalized spacial score (nSPS) is 21.3. The Balaban J connectivity index is 0.00000162. The molecule has 0 bridgehead atoms. The summed E-state index contributed by atoms with van der Waals surface area (Å²) in [6.07, 6.45) is 0. The Bertz CT molecular complexity index is 464. The van der Waals surface area contributed by atoms with Crippen molar-refractivity contribution in [2.75, 3.05) is 19.6 Å². The lowest BCUT2D eigenvalue weighted by Gasteiger charge is -2.31. The standard InChI is InChI=1S/C12H18N2O2S.ClH/c1-11-9-14(8-7-13-11)17(15,16)10-12-5-3-2-4-6-12;/h2-6,11,13H,7-10H2,1H3;1H/t11-;/m0./s1. The van der Waals surface area contributed by atoms with Gasteiger partial charge in [0.2, 0.25) is 10.0 Å². The van der Waals surface area contributed by atoms with E-state index in [9.17, 15) is 8.42 Å². The van der Waals surface area contributed by atoms with Gasteiger partial charge in [0, 0.05) is 25.7 Å². The summed E-state index contributed by atoms with van der Waals surface area (Å²) in [5.41, 5.74) is 0.846. The van der Waals surface area contributed by atoms with Gasteiger partial charge in [-0.2, -0.15) is 4.31 Å². The molecule has 0 aliphatic carbocycles. The smallest absolute Gasteiger partial charge is 0.218 e. The number of rotatable bonds is 3. The first-order chi connectivity index (χ1) is 8.08. The number of nitrogens with zero attached hydrogens (tertiary/aromatic N) is 1. The Morgan fingerprint density at radius 3 is 2.61 bits per heavy atom. The van der Waals surface area contributed by atoms with E-state index < -0.39 is 10.0 Å². The molecule has 1 aromatic rings. The average Bonchev–Trinajstić information content (AvgIpc) is 2.30. The number of benzene rings is 1. The summed E-state index contributed by atoms with van der Waals surface area (Å²) in [6.45, 7) is 3.87. The number of hydrogen-bond donors (Lipinski definition) is 1. The fraction of sp³-hybridized carbons (Fsp3) is 0.500. The van der Waals surface area contributed by atoms with E-state index in [0.717, 1.165) is 12.1 Å². The molecule has 1 saturated heterocycles. The zero-order chi connectivity index (χ0) is 12.3. The van der Waals surface area contributed by atoms with E-state index in [1.54, 1.807) is 4.31 Å². The van der Waals surface area contributed by atoms with Crippen molar-refractivity contribution in [3.8, 4) is 0 Å². The fourth-order valence-electron chi connectivity index (χ4n) is 2.03. The summed E-state index contributed by atoms with van der Waals surface area (Å²) in [4.78, 5) is 0. The molecule has 1 aliphatic heterocycles. The van der Waals surface area contributed by atoms with Gasteiger partial charge < -0.3 is 5.32 Å². The first-order valence-electron chi connectivity index (χ1n) is 5.83. The zero-order valence-corrected chi connectivity index (χ0v) is 12.0. The highest BCUT2D eigenvalue weighted by atomic mass is 35.5. The van der Waals surface area contributed by atoms with Crippen molar-refractivity contribution in [1.29, 1.82) is 0 Å². The van der Waals surface area contributed by atoms with E-state index in [2.05, 4.69) is 5.32 Å². The molecule has 102 valence electrons. The van der Waals surface area contributed by atoms with Gasteiger partial charge >= 0.3 is 0 Å². The highest BCUT2D eigenvalue weighted by Crippen LogP contribution is 2.12. The summed E-state index contributed by atoms with van der Waals surface area (Å²) in [6, 6.07) is 9.56. The summed E-state index contributed by atoms with van der Waals surface area (Å²) in [5.74, 6) is 0.0978. The molecule has 0 aromatic heterocycles. The molecule has 1 atom stereocenters. The molecule has 1 N–H and O–H groups in total. The van der Waals surface area contributed by atoms with E-state index in [0.29, 0.717) is 13.1 Å². The van der Waals surface area contributed by atoms with Crippen molar-refractivity contribution in [3.63, 3.8) is 0 Å². The van der Waals surface area contributed by atoms with Crippen LogP contribution in [0.5, 0.6) is 0 Å².